The number of aldehydes is 1. The van der Waals surface area contributed by atoms with Gasteiger partial charge in [0, 0.05) is 13.0 Å². The molecule has 1 fully saturated rings. The summed E-state index contributed by atoms with van der Waals surface area (Å²) in [7, 11) is 0. The van der Waals surface area contributed by atoms with E-state index < -0.39 is 0 Å². The molecule has 1 saturated carbocycles. The van der Waals surface area contributed by atoms with Crippen molar-refractivity contribution in [2.45, 2.75) is 71.3 Å². The third kappa shape index (κ3) is 8.87. The summed E-state index contributed by atoms with van der Waals surface area (Å²) >= 11 is 0. The van der Waals surface area contributed by atoms with E-state index in [1.54, 1.807) is 12.2 Å². The molecule has 0 bridgehead atoms. The van der Waals surface area contributed by atoms with Gasteiger partial charge in [-0.3, -0.25) is 4.79 Å². The monoisotopic (exact) mass is 369 g/mol. The summed E-state index contributed by atoms with van der Waals surface area (Å²) in [6.07, 6.45) is 16.0. The molecular formula is C24H35NO2. The van der Waals surface area contributed by atoms with Crippen molar-refractivity contribution in [3.05, 3.63) is 71.0 Å². The van der Waals surface area contributed by atoms with E-state index >= 15 is 0 Å². The van der Waals surface area contributed by atoms with Crippen LogP contribution in [-0.4, -0.2) is 11.4 Å². The van der Waals surface area contributed by atoms with Crippen molar-refractivity contribution in [2.24, 2.45) is 5.73 Å². The molecule has 3 nitrogen and oxygen atoms in total. The van der Waals surface area contributed by atoms with E-state index in [1.165, 1.54) is 49.3 Å². The van der Waals surface area contributed by atoms with Crippen LogP contribution in [0, 0.1) is 0 Å². The second-order valence-electron chi connectivity index (χ2n) is 6.66. The van der Waals surface area contributed by atoms with Gasteiger partial charge in [0.25, 0.3) is 0 Å². The minimum atomic E-state index is 0.387. The normalized spacial score (nSPS) is 17.0. The van der Waals surface area contributed by atoms with Crippen molar-refractivity contribution in [3.8, 4) is 0 Å². The number of allylic oxidation sites excluding steroid dienone is 6. The van der Waals surface area contributed by atoms with Crippen LogP contribution in [0.25, 0.3) is 0 Å². The van der Waals surface area contributed by atoms with Gasteiger partial charge < -0.3 is 10.8 Å². The molecule has 0 spiro atoms. The molecule has 0 unspecified atom stereocenters. The summed E-state index contributed by atoms with van der Waals surface area (Å²) in [6.45, 7) is 4.67. The molecule has 0 aromatic heterocycles. The van der Waals surface area contributed by atoms with Crippen molar-refractivity contribution in [2.75, 3.05) is 0 Å². The minimum Gasteiger partial charge on any atom is -0.512 e. The molecule has 3 heteroatoms. The first kappa shape index (κ1) is 22.9. The highest BCUT2D eigenvalue weighted by Crippen LogP contribution is 2.32. The van der Waals surface area contributed by atoms with Crippen molar-refractivity contribution in [1.82, 2.24) is 0 Å². The number of carbonyl (C=O) groups excluding carboxylic acids is 1. The van der Waals surface area contributed by atoms with E-state index in [9.17, 15) is 4.79 Å². The zero-order valence-corrected chi connectivity index (χ0v) is 16.9. The maximum Gasteiger partial charge on any atom is 0.142 e. The first-order valence-corrected chi connectivity index (χ1v) is 10.2. The Balaban J connectivity index is 0.000000254. The number of benzene rings is 1. The maximum absolute atomic E-state index is 9.93. The molecule has 27 heavy (non-hydrogen) atoms. The van der Waals surface area contributed by atoms with Crippen LogP contribution in [0.5, 0.6) is 0 Å². The molecule has 2 aliphatic carbocycles. The summed E-state index contributed by atoms with van der Waals surface area (Å²) in [6, 6.07) is 8.81. The Morgan fingerprint density at radius 3 is 2.56 bits per heavy atom. The predicted octanol–water partition coefficient (Wildman–Crippen LogP) is 6.12. The zero-order valence-electron chi connectivity index (χ0n) is 16.9. The summed E-state index contributed by atoms with van der Waals surface area (Å²) in [4.78, 5) is 9.93. The van der Waals surface area contributed by atoms with E-state index in [2.05, 4.69) is 24.3 Å². The van der Waals surface area contributed by atoms with Crippen LogP contribution in [0.4, 0.5) is 0 Å². The number of nitrogens with two attached hydrogens (primary N) is 1. The van der Waals surface area contributed by atoms with Gasteiger partial charge >= 0.3 is 0 Å². The van der Waals surface area contributed by atoms with Crippen LogP contribution in [0.3, 0.4) is 0 Å². The number of aliphatic hydroxyl groups excluding tert-OH is 1. The lowest BCUT2D eigenvalue weighted by atomic mass is 9.84. The second kappa shape index (κ2) is 14.0. The third-order valence-corrected chi connectivity index (χ3v) is 4.74. The molecule has 2 aliphatic rings. The summed E-state index contributed by atoms with van der Waals surface area (Å²) in [5.74, 6) is 1.19. The van der Waals surface area contributed by atoms with E-state index in [4.69, 9.17) is 10.8 Å². The topological polar surface area (TPSA) is 63.3 Å². The standard InChI is InChI=1S/C13H19N.C9H10O2.C2H6/c14-10-11-5-4-8-13(9-11)12-6-2-1-3-7-12;10-6-2-4-8-3-1-5-9(11)7-8;1-2/h4-5,8-9,12H,1-3,6-7,10,14H2;2-4,6-7,11H,1,5H2;1-2H3/b;4-2+;. The second-order valence-corrected chi connectivity index (χ2v) is 6.66. The van der Waals surface area contributed by atoms with Gasteiger partial charge in [-0.2, -0.15) is 0 Å². The average Bonchev–Trinajstić information content (AvgIpc) is 2.75. The van der Waals surface area contributed by atoms with Crippen LogP contribution in [0.15, 0.2) is 59.9 Å². The fourth-order valence-electron chi connectivity index (χ4n) is 3.39. The summed E-state index contributed by atoms with van der Waals surface area (Å²) in [5.41, 5.74) is 9.33. The van der Waals surface area contributed by atoms with Gasteiger partial charge in [0.15, 0.2) is 0 Å². The van der Waals surface area contributed by atoms with Gasteiger partial charge in [0.2, 0.25) is 0 Å². The Morgan fingerprint density at radius 1 is 1.19 bits per heavy atom. The van der Waals surface area contributed by atoms with Crippen molar-refractivity contribution in [3.63, 3.8) is 0 Å². The van der Waals surface area contributed by atoms with Crippen molar-refractivity contribution < 1.29 is 9.90 Å². The Morgan fingerprint density at radius 2 is 1.93 bits per heavy atom. The highest BCUT2D eigenvalue weighted by atomic mass is 16.3. The Hall–Kier alpha value is -2.13. The highest BCUT2D eigenvalue weighted by molar-refractivity contribution is 5.66. The number of hydrogen-bond donors (Lipinski definition) is 2. The molecule has 0 atom stereocenters. The van der Waals surface area contributed by atoms with Gasteiger partial charge in [-0.1, -0.05) is 69.5 Å². The number of rotatable bonds is 4. The largest absolute Gasteiger partial charge is 0.512 e. The Bertz CT molecular complexity index is 638. The molecule has 148 valence electrons. The van der Waals surface area contributed by atoms with E-state index in [-0.39, 0.29) is 0 Å². The fraction of sp³-hybridized carbons (Fsp3) is 0.458. The van der Waals surface area contributed by atoms with Gasteiger partial charge in [-0.15, -0.1) is 0 Å². The van der Waals surface area contributed by atoms with Crippen LogP contribution in [0.1, 0.15) is 75.8 Å². The Labute approximate surface area is 164 Å². The van der Waals surface area contributed by atoms with Gasteiger partial charge in [-0.05, 0) is 54.0 Å². The van der Waals surface area contributed by atoms with Crippen LogP contribution in [-0.2, 0) is 11.3 Å². The lowest BCUT2D eigenvalue weighted by molar-refractivity contribution is -0.104. The Kier molecular flexibility index (Phi) is 11.9. The average molecular weight is 370 g/mol. The molecule has 0 radical (unpaired) electrons. The third-order valence-electron chi connectivity index (χ3n) is 4.74. The van der Waals surface area contributed by atoms with Crippen molar-refractivity contribution >= 4 is 6.29 Å². The van der Waals surface area contributed by atoms with Gasteiger partial charge in [-0.25, -0.2) is 0 Å². The quantitative estimate of drug-likeness (QED) is 0.496. The summed E-state index contributed by atoms with van der Waals surface area (Å²) < 4.78 is 0. The number of carbonyl (C=O) groups is 1. The minimum absolute atomic E-state index is 0.387. The molecule has 0 heterocycles. The fourth-order valence-corrected chi connectivity index (χ4v) is 3.39. The number of hydrogen-bond acceptors (Lipinski definition) is 3. The zero-order chi connectivity index (χ0) is 19.9. The van der Waals surface area contributed by atoms with Crippen LogP contribution in [0.2, 0.25) is 0 Å². The molecular weight excluding hydrogens is 334 g/mol. The molecule has 0 saturated heterocycles. The molecule has 1 aromatic carbocycles. The summed E-state index contributed by atoms with van der Waals surface area (Å²) in [5, 5.41) is 9.08. The first-order chi connectivity index (χ1) is 13.2. The SMILES string of the molecule is CC.NCc1cccc(C2CCCCC2)c1.O=C/C=C/C1=CCCC(O)=C1. The van der Waals surface area contributed by atoms with Crippen LogP contribution >= 0.6 is 0 Å². The van der Waals surface area contributed by atoms with Gasteiger partial charge in [0.05, 0.1) is 5.76 Å². The molecule has 0 aliphatic heterocycles. The maximum atomic E-state index is 9.93. The molecule has 3 rings (SSSR count). The van der Waals surface area contributed by atoms with E-state index in [0.29, 0.717) is 18.7 Å². The lowest BCUT2D eigenvalue weighted by Gasteiger charge is -2.22. The highest BCUT2D eigenvalue weighted by Gasteiger charge is 2.15. The van der Waals surface area contributed by atoms with E-state index in [1.807, 2.05) is 19.9 Å². The van der Waals surface area contributed by atoms with Gasteiger partial charge in [0.1, 0.15) is 6.29 Å². The smallest absolute Gasteiger partial charge is 0.142 e. The van der Waals surface area contributed by atoms with Crippen LogP contribution < -0.4 is 5.73 Å². The number of aliphatic hydroxyl groups is 1. The molecule has 1 aromatic rings. The van der Waals surface area contributed by atoms with E-state index in [0.717, 1.165) is 24.2 Å². The molecule has 3 N–H and O–H groups in total. The predicted molar refractivity (Wildman–Crippen MR) is 115 cm³/mol. The molecule has 0 amide bonds. The first-order valence-electron chi connectivity index (χ1n) is 10.2. The lowest BCUT2D eigenvalue weighted by Crippen LogP contribution is -2.05. The van der Waals surface area contributed by atoms with Crippen molar-refractivity contribution in [1.29, 1.82) is 0 Å².